The van der Waals surface area contributed by atoms with Gasteiger partial charge in [0.15, 0.2) is 0 Å². The molecule has 0 spiro atoms. The number of piperidine rings is 3. The van der Waals surface area contributed by atoms with E-state index in [2.05, 4.69) is 95.1 Å². The Bertz CT molecular complexity index is 1690. The predicted molar refractivity (Wildman–Crippen MR) is 215 cm³/mol. The normalized spacial score (nSPS) is 22.7. The van der Waals surface area contributed by atoms with Gasteiger partial charge in [0.05, 0.1) is 56.1 Å². The summed E-state index contributed by atoms with van der Waals surface area (Å²) >= 11 is 11.8. The smallest absolute Gasteiger partial charge is 0.399 e. The molecule has 4 aliphatic heterocycles. The van der Waals surface area contributed by atoms with E-state index in [1.54, 1.807) is 37.2 Å². The zero-order valence-electron chi connectivity index (χ0n) is 31.1. The lowest BCUT2D eigenvalue weighted by molar-refractivity contribution is 0.00578. The maximum Gasteiger partial charge on any atom is 0.498 e. The van der Waals surface area contributed by atoms with Crippen LogP contribution in [0.15, 0.2) is 46.1 Å². The van der Waals surface area contributed by atoms with Gasteiger partial charge in [0.1, 0.15) is 0 Å². The molecule has 4 fully saturated rings. The Morgan fingerprint density at radius 2 is 1.13 bits per heavy atom. The first-order chi connectivity index (χ1) is 25.8. The Hall–Kier alpha value is -3.50. The van der Waals surface area contributed by atoms with Gasteiger partial charge >= 0.3 is 7.12 Å². The Morgan fingerprint density at radius 3 is 1.52 bits per heavy atom. The highest BCUT2D eigenvalue weighted by molar-refractivity contribution is 9.10. The van der Waals surface area contributed by atoms with Gasteiger partial charge in [-0.05, 0) is 116 Å². The Balaban J connectivity index is 0.000000178. The third-order valence-corrected chi connectivity index (χ3v) is 10.6. The Kier molecular flexibility index (Phi) is 16.8. The van der Waals surface area contributed by atoms with E-state index in [0.29, 0.717) is 12.5 Å². The number of anilines is 2. The summed E-state index contributed by atoms with van der Waals surface area (Å²) in [5, 5.41) is 29.8. The molecule has 4 aliphatic rings. The molecule has 14 nitrogen and oxygen atoms in total. The second-order valence-corrected chi connectivity index (χ2v) is 16.4. The zero-order chi connectivity index (χ0) is 39.1. The van der Waals surface area contributed by atoms with Crippen LogP contribution in [0.4, 0.5) is 11.9 Å². The van der Waals surface area contributed by atoms with Crippen molar-refractivity contribution in [2.45, 2.75) is 77.4 Å². The maximum atomic E-state index is 9.09. The average Bonchev–Trinajstić information content (AvgIpc) is 3.43. The van der Waals surface area contributed by atoms with Crippen LogP contribution in [0.2, 0.25) is 5.28 Å². The van der Waals surface area contributed by atoms with Crippen molar-refractivity contribution < 1.29 is 9.31 Å². The second-order valence-electron chi connectivity index (χ2n) is 14.3. The number of rotatable bonds is 3. The summed E-state index contributed by atoms with van der Waals surface area (Å²) in [5.41, 5.74) is 0.0770. The largest absolute Gasteiger partial charge is 0.498 e. The molecule has 4 saturated heterocycles. The summed E-state index contributed by atoms with van der Waals surface area (Å²) in [6, 6.07) is 6.89. The van der Waals surface area contributed by atoms with Crippen LogP contribution in [-0.2, 0) is 9.31 Å². The van der Waals surface area contributed by atoms with Crippen molar-refractivity contribution in [3.8, 4) is 18.2 Å². The molecule has 1 N–H and O–H groups in total. The number of nitrogens with one attached hydrogen (secondary N) is 1. The number of nitrogens with zero attached hydrogens (tertiary/aromatic N) is 11. The SMILES string of the molecule is CC1(C)OB(c2cnc(N3CCCC(C#N)C3)nc2)OC1(C)C.Clc1ncc(Br)cn1.N#CC1CCCN(c2ncc(Br)cn2)C1.N#CC1CCCNC1. The number of hydrogen-bond acceptors (Lipinski definition) is 14. The van der Waals surface area contributed by atoms with Crippen LogP contribution in [0, 0.1) is 51.7 Å². The summed E-state index contributed by atoms with van der Waals surface area (Å²) < 4.78 is 13.7. The predicted octanol–water partition coefficient (Wildman–Crippen LogP) is 5.90. The number of nitriles is 3. The Morgan fingerprint density at radius 1 is 0.704 bits per heavy atom. The molecular weight excluding hydrogens is 839 g/mol. The standard InChI is InChI=1S/C16H23BN4O2.C10H11BrN4.C6H10N2.C4H2BrClN2/c1-15(2)16(3,4)23-17(22-15)13-9-19-14(20-10-13)21-7-5-6-12(8-18)11-21;11-9-5-13-10(14-6-9)15-3-1-2-8(4-12)7-15;7-4-6-2-1-3-8-5-6;5-3-1-7-4(6)8-2-3/h9-10,12H,5-7,11H2,1-4H3;5-6,8H,1-3,7H2;6,8H,1-3,5H2;1-2H. The summed E-state index contributed by atoms with van der Waals surface area (Å²) in [7, 11) is -0.442. The van der Waals surface area contributed by atoms with Gasteiger partial charge in [-0.15, -0.1) is 0 Å². The van der Waals surface area contributed by atoms with Gasteiger partial charge in [-0.25, -0.2) is 29.9 Å². The second kappa shape index (κ2) is 21.0. The minimum Gasteiger partial charge on any atom is -0.399 e. The first-order valence-corrected chi connectivity index (χ1v) is 20.0. The average molecular weight is 885 g/mol. The summed E-state index contributed by atoms with van der Waals surface area (Å²) in [4.78, 5) is 28.9. The number of hydrogen-bond donors (Lipinski definition) is 1. The van der Waals surface area contributed by atoms with Gasteiger partial charge in [0.2, 0.25) is 17.2 Å². The van der Waals surface area contributed by atoms with Crippen LogP contribution in [0.5, 0.6) is 0 Å². The van der Waals surface area contributed by atoms with Crippen molar-refractivity contribution in [3.05, 3.63) is 51.4 Å². The lowest BCUT2D eigenvalue weighted by atomic mass is 9.81. The van der Waals surface area contributed by atoms with Gasteiger partial charge in [-0.3, -0.25) is 0 Å². The van der Waals surface area contributed by atoms with Gasteiger partial charge in [0, 0.05) is 75.4 Å². The zero-order valence-corrected chi connectivity index (χ0v) is 35.1. The van der Waals surface area contributed by atoms with Crippen LogP contribution in [0.3, 0.4) is 0 Å². The van der Waals surface area contributed by atoms with E-state index in [1.165, 1.54) is 0 Å². The molecule has 3 aromatic rings. The monoisotopic (exact) mass is 882 g/mol. The summed E-state index contributed by atoms with van der Waals surface area (Å²) in [6.07, 6.45) is 16.4. The Labute approximate surface area is 340 Å². The van der Waals surface area contributed by atoms with E-state index < -0.39 is 7.12 Å². The fourth-order valence-electron chi connectivity index (χ4n) is 5.85. The highest BCUT2D eigenvalue weighted by Gasteiger charge is 2.52. The maximum absolute atomic E-state index is 9.09. The van der Waals surface area contributed by atoms with E-state index in [1.807, 2.05) is 27.7 Å². The van der Waals surface area contributed by atoms with Crippen LogP contribution in [-0.4, -0.2) is 87.5 Å². The lowest BCUT2D eigenvalue weighted by Gasteiger charge is -2.32. The molecule has 54 heavy (non-hydrogen) atoms. The molecule has 7 heterocycles. The van der Waals surface area contributed by atoms with E-state index >= 15 is 0 Å². The molecule has 0 amide bonds. The fourth-order valence-corrected chi connectivity index (χ4v) is 6.36. The first-order valence-electron chi connectivity index (χ1n) is 18.0. The van der Waals surface area contributed by atoms with Gasteiger partial charge in [-0.2, -0.15) is 15.8 Å². The molecule has 3 unspecified atom stereocenters. The molecule has 286 valence electrons. The van der Waals surface area contributed by atoms with Crippen molar-refractivity contribution in [2.24, 2.45) is 17.8 Å². The molecule has 3 aromatic heterocycles. The fraction of sp³-hybridized carbons (Fsp3) is 0.583. The summed E-state index contributed by atoms with van der Waals surface area (Å²) in [6.45, 7) is 13.4. The molecule has 0 aromatic carbocycles. The van der Waals surface area contributed by atoms with E-state index in [-0.39, 0.29) is 34.2 Å². The highest BCUT2D eigenvalue weighted by Crippen LogP contribution is 2.36. The molecule has 0 bridgehead atoms. The molecule has 7 rings (SSSR count). The van der Waals surface area contributed by atoms with Gasteiger partial charge in [0.25, 0.3) is 0 Å². The topological polar surface area (TPSA) is 186 Å². The van der Waals surface area contributed by atoms with E-state index in [0.717, 1.165) is 91.6 Å². The minimum absolute atomic E-state index is 0.0649. The molecule has 0 saturated carbocycles. The van der Waals surface area contributed by atoms with Crippen LogP contribution in [0.25, 0.3) is 0 Å². The van der Waals surface area contributed by atoms with Crippen LogP contribution in [0.1, 0.15) is 66.2 Å². The third-order valence-electron chi connectivity index (χ3n) is 9.63. The van der Waals surface area contributed by atoms with Crippen molar-refractivity contribution >= 4 is 67.9 Å². The molecule has 3 atom stereocenters. The van der Waals surface area contributed by atoms with Crippen molar-refractivity contribution in [1.29, 1.82) is 15.8 Å². The van der Waals surface area contributed by atoms with Crippen LogP contribution < -0.4 is 20.6 Å². The lowest BCUT2D eigenvalue weighted by Crippen LogP contribution is -2.41. The number of aromatic nitrogens is 6. The molecular formula is C36H46BBr2ClN12O2. The van der Waals surface area contributed by atoms with Crippen LogP contribution >= 0.6 is 43.5 Å². The molecule has 0 aliphatic carbocycles. The molecule has 0 radical (unpaired) electrons. The quantitative estimate of drug-likeness (QED) is 0.242. The molecule has 18 heteroatoms. The van der Waals surface area contributed by atoms with E-state index in [9.17, 15) is 0 Å². The van der Waals surface area contributed by atoms with Crippen molar-refractivity contribution in [1.82, 2.24) is 35.2 Å². The van der Waals surface area contributed by atoms with Crippen molar-refractivity contribution in [2.75, 3.05) is 49.1 Å². The van der Waals surface area contributed by atoms with Gasteiger partial charge in [-0.1, -0.05) is 0 Å². The first kappa shape index (κ1) is 43.2. The van der Waals surface area contributed by atoms with Crippen molar-refractivity contribution in [3.63, 3.8) is 0 Å². The number of halogens is 3. The van der Waals surface area contributed by atoms with Gasteiger partial charge < -0.3 is 24.4 Å². The third kappa shape index (κ3) is 13.1. The summed E-state index contributed by atoms with van der Waals surface area (Å²) in [5.74, 6) is 1.85. The van der Waals surface area contributed by atoms with E-state index in [4.69, 9.17) is 36.7 Å². The minimum atomic E-state index is -0.442. The highest BCUT2D eigenvalue weighted by atomic mass is 79.9.